The fourth-order valence-electron chi connectivity index (χ4n) is 1.64. The quantitative estimate of drug-likeness (QED) is 0.577. The van der Waals surface area contributed by atoms with Crippen LogP contribution in [0.25, 0.3) is 0 Å². The van der Waals surface area contributed by atoms with Gasteiger partial charge in [-0.05, 0) is 19.1 Å². The highest BCUT2D eigenvalue weighted by atomic mass is 79.9. The van der Waals surface area contributed by atoms with Crippen molar-refractivity contribution in [2.45, 2.75) is 24.3 Å². The van der Waals surface area contributed by atoms with Gasteiger partial charge in [-0.25, -0.2) is 0 Å². The van der Waals surface area contributed by atoms with Gasteiger partial charge in [-0.3, -0.25) is 4.79 Å². The number of ketones is 1. The maximum absolute atomic E-state index is 11.2. The Morgan fingerprint density at radius 2 is 2.39 bits per heavy atom. The van der Waals surface area contributed by atoms with Gasteiger partial charge >= 0.3 is 11.8 Å². The van der Waals surface area contributed by atoms with Crippen molar-refractivity contribution < 1.29 is 9.53 Å². The predicted octanol–water partition coefficient (Wildman–Crippen LogP) is 1.87. The highest BCUT2D eigenvalue weighted by Crippen LogP contribution is 2.16. The molecule has 3 nitrogen and oxygen atoms in total. The van der Waals surface area contributed by atoms with Gasteiger partial charge in [-0.1, -0.05) is 34.2 Å². The van der Waals surface area contributed by atoms with Gasteiger partial charge in [0.15, 0.2) is 10.6 Å². The van der Waals surface area contributed by atoms with Crippen LogP contribution < -0.4 is 4.67 Å². The third kappa shape index (κ3) is 3.21. The van der Waals surface area contributed by atoms with Crippen LogP contribution in [0, 0.1) is 0 Å². The Hall–Kier alpha value is -1.60. The number of hydrogen-bond acceptors (Lipinski definition) is 2. The summed E-state index contributed by atoms with van der Waals surface area (Å²) in [5, 5.41) is 0. The molecule has 0 saturated heterocycles. The Balaban J connectivity index is 2.04. The fourth-order valence-corrected chi connectivity index (χ4v) is 2.02. The maximum Gasteiger partial charge on any atom is 0.493 e. The third-order valence-electron chi connectivity index (χ3n) is 2.60. The maximum atomic E-state index is 11.2. The van der Waals surface area contributed by atoms with E-state index >= 15 is 0 Å². The van der Waals surface area contributed by atoms with E-state index in [0.29, 0.717) is 12.3 Å². The topological polar surface area (TPSA) is 40.4 Å². The molecule has 0 aromatic carbocycles. The lowest BCUT2D eigenvalue weighted by molar-refractivity contribution is -0.113. The number of carbonyl (C=O) groups excluding carboxylic acids is 1. The average Bonchev–Trinajstić information content (AvgIpc) is 2.56. The molecule has 0 aromatic heterocycles. The Kier molecular flexibility index (Phi) is 4.16. The monoisotopic (exact) mass is 306 g/mol. The van der Waals surface area contributed by atoms with E-state index in [9.17, 15) is 4.79 Å². The van der Waals surface area contributed by atoms with Crippen LogP contribution in [0.2, 0.25) is 0 Å². The first-order valence-electron chi connectivity index (χ1n) is 5.70. The first kappa shape index (κ1) is 12.8. The standard InChI is InChI=1S/C14H13BrNO2/c1-10(17)11-5-7-12(8-6-11)18-14-13(15)4-2-3-9-16-14/h2-7,12-13H,8H2,1H3/q+1. The second-order valence-corrected chi connectivity index (χ2v) is 4.99. The minimum absolute atomic E-state index is 0.0460. The van der Waals surface area contributed by atoms with Crippen LogP contribution in [0.4, 0.5) is 0 Å². The number of carbonyl (C=O) groups is 1. The summed E-state index contributed by atoms with van der Waals surface area (Å²) in [7, 11) is 0. The van der Waals surface area contributed by atoms with Crippen molar-refractivity contribution in [3.05, 3.63) is 42.0 Å². The molecule has 2 aliphatic rings. The summed E-state index contributed by atoms with van der Waals surface area (Å²) in [6, 6.07) is 0. The van der Waals surface area contributed by atoms with Crippen LogP contribution in [-0.4, -0.2) is 28.5 Å². The van der Waals surface area contributed by atoms with E-state index in [-0.39, 0.29) is 16.7 Å². The van der Waals surface area contributed by atoms with E-state index in [4.69, 9.17) is 4.74 Å². The second kappa shape index (κ2) is 5.83. The number of hydrogen-bond donors (Lipinski definition) is 0. The van der Waals surface area contributed by atoms with Gasteiger partial charge in [-0.2, -0.15) is 0 Å². The van der Waals surface area contributed by atoms with E-state index in [2.05, 4.69) is 26.5 Å². The van der Waals surface area contributed by atoms with Crippen LogP contribution in [-0.2, 0) is 9.53 Å². The molecule has 0 saturated carbocycles. The summed E-state index contributed by atoms with van der Waals surface area (Å²) in [6.45, 7) is 1.56. The smallest absolute Gasteiger partial charge is 0.425 e. The van der Waals surface area contributed by atoms with Gasteiger partial charge < -0.3 is 4.74 Å². The van der Waals surface area contributed by atoms with Crippen LogP contribution in [0.15, 0.2) is 42.0 Å². The van der Waals surface area contributed by atoms with Crippen LogP contribution in [0.1, 0.15) is 13.3 Å². The lowest BCUT2D eigenvalue weighted by atomic mass is 10.0. The molecule has 0 spiro atoms. The summed E-state index contributed by atoms with van der Waals surface area (Å²) in [5.74, 6) is 3.43. The summed E-state index contributed by atoms with van der Waals surface area (Å²) in [4.78, 5) is 11.1. The lowest BCUT2D eigenvalue weighted by Gasteiger charge is -2.14. The number of rotatable bonds is 2. The number of alkyl halides is 1. The number of Topliss-reactive ketones (excluding diaryl/α,β-unsaturated/α-hetero) is 1. The molecule has 1 aliphatic carbocycles. The molecule has 2 rings (SSSR count). The SMILES string of the molecule is CC(=O)C1=CCC(OC2=[N+]=C=CC=CC2Br)C=C1. The third-order valence-corrected chi connectivity index (χ3v) is 3.30. The minimum atomic E-state index is -0.0831. The molecule has 2 atom stereocenters. The molecule has 1 aliphatic heterocycles. The molecule has 0 fully saturated rings. The van der Waals surface area contributed by atoms with E-state index in [0.717, 1.165) is 5.57 Å². The molecule has 0 N–H and O–H groups in total. The summed E-state index contributed by atoms with van der Waals surface area (Å²) >= 11 is 3.47. The van der Waals surface area contributed by atoms with Crippen molar-refractivity contribution in [2.75, 3.05) is 0 Å². The van der Waals surface area contributed by atoms with Gasteiger partial charge in [0.1, 0.15) is 6.10 Å². The van der Waals surface area contributed by atoms with Gasteiger partial charge in [0.25, 0.3) is 0 Å². The molecule has 0 radical (unpaired) electrons. The Morgan fingerprint density at radius 3 is 3.06 bits per heavy atom. The minimum Gasteiger partial charge on any atom is -0.425 e. The molecular formula is C14H13BrNO2+. The van der Waals surface area contributed by atoms with Gasteiger partial charge in [0.2, 0.25) is 0 Å². The Labute approximate surface area is 114 Å². The molecule has 92 valence electrons. The second-order valence-electron chi connectivity index (χ2n) is 4.00. The van der Waals surface area contributed by atoms with E-state index in [1.54, 1.807) is 19.1 Å². The van der Waals surface area contributed by atoms with Crippen molar-refractivity contribution in [1.82, 2.24) is 4.67 Å². The van der Waals surface area contributed by atoms with Crippen molar-refractivity contribution >= 4 is 33.5 Å². The summed E-state index contributed by atoms with van der Waals surface area (Å²) < 4.78 is 9.89. The molecule has 0 aromatic rings. The molecule has 1 heterocycles. The predicted molar refractivity (Wildman–Crippen MR) is 76.0 cm³/mol. The van der Waals surface area contributed by atoms with E-state index < -0.39 is 0 Å². The van der Waals surface area contributed by atoms with Crippen LogP contribution in [0.5, 0.6) is 0 Å². The summed E-state index contributed by atoms with van der Waals surface area (Å²) in [5.41, 5.74) is 0.736. The average molecular weight is 307 g/mol. The molecule has 0 amide bonds. The molecule has 0 bridgehead atoms. The van der Waals surface area contributed by atoms with Crippen LogP contribution >= 0.6 is 15.9 Å². The molecular weight excluding hydrogens is 294 g/mol. The number of allylic oxidation sites excluding steroid dienone is 4. The highest BCUT2D eigenvalue weighted by Gasteiger charge is 2.26. The van der Waals surface area contributed by atoms with Crippen molar-refractivity contribution in [1.29, 1.82) is 0 Å². The van der Waals surface area contributed by atoms with Crippen LogP contribution in [0.3, 0.4) is 0 Å². The zero-order chi connectivity index (χ0) is 13.0. The van der Waals surface area contributed by atoms with Crippen molar-refractivity contribution in [3.8, 4) is 0 Å². The van der Waals surface area contributed by atoms with Gasteiger partial charge in [-0.15, -0.1) is 0 Å². The first-order chi connectivity index (χ1) is 8.66. The molecule has 18 heavy (non-hydrogen) atoms. The van der Waals surface area contributed by atoms with Gasteiger partial charge in [0.05, 0.1) is 6.08 Å². The normalized spacial score (nSPS) is 25.4. The van der Waals surface area contributed by atoms with E-state index in [1.165, 1.54) is 0 Å². The van der Waals surface area contributed by atoms with Crippen molar-refractivity contribution in [2.24, 2.45) is 0 Å². The molecule has 2 unspecified atom stereocenters. The van der Waals surface area contributed by atoms with Gasteiger partial charge in [0, 0.05) is 16.7 Å². The Morgan fingerprint density at radius 1 is 1.56 bits per heavy atom. The number of nitrogens with zero attached hydrogens (tertiary/aromatic N) is 1. The first-order valence-corrected chi connectivity index (χ1v) is 6.61. The Bertz CT molecular complexity index is 544. The highest BCUT2D eigenvalue weighted by molar-refractivity contribution is 9.10. The number of halogens is 1. The zero-order valence-electron chi connectivity index (χ0n) is 9.97. The lowest BCUT2D eigenvalue weighted by Crippen LogP contribution is -2.25. The van der Waals surface area contributed by atoms with Crippen molar-refractivity contribution in [3.63, 3.8) is 0 Å². The zero-order valence-corrected chi connectivity index (χ0v) is 11.6. The fraction of sp³-hybridized carbons (Fsp3) is 0.286. The molecule has 4 heteroatoms. The largest absolute Gasteiger partial charge is 0.493 e. The number of ether oxygens (including phenoxy) is 1. The van der Waals surface area contributed by atoms with E-state index in [1.807, 2.05) is 24.3 Å². The summed E-state index contributed by atoms with van der Waals surface area (Å²) in [6.07, 6.45) is 11.7.